The van der Waals surface area contributed by atoms with Gasteiger partial charge in [0.25, 0.3) is 5.91 Å². The van der Waals surface area contributed by atoms with Crippen molar-refractivity contribution in [2.75, 3.05) is 18.4 Å². The Balaban J connectivity index is 1.70. The number of amides is 2. The maximum atomic E-state index is 13.0. The van der Waals surface area contributed by atoms with Crippen molar-refractivity contribution in [3.63, 3.8) is 0 Å². The Morgan fingerprint density at radius 3 is 2.39 bits per heavy atom. The topological polar surface area (TPSA) is 62.3 Å². The Bertz CT molecular complexity index is 893. The van der Waals surface area contributed by atoms with Crippen LogP contribution in [0.5, 0.6) is 0 Å². The van der Waals surface area contributed by atoms with Crippen molar-refractivity contribution < 1.29 is 9.59 Å². The van der Waals surface area contributed by atoms with Gasteiger partial charge in [-0.05, 0) is 29.7 Å². The molecule has 28 heavy (non-hydrogen) atoms. The molecule has 0 aliphatic heterocycles. The number of carbonyl (C=O) groups excluding carboxylic acids is 2. The summed E-state index contributed by atoms with van der Waals surface area (Å²) in [4.78, 5) is 30.9. The molecule has 0 atom stereocenters. The molecule has 0 aliphatic rings. The molecule has 1 aromatic heterocycles. The van der Waals surface area contributed by atoms with E-state index in [-0.39, 0.29) is 18.4 Å². The van der Waals surface area contributed by atoms with Gasteiger partial charge in [0.15, 0.2) is 5.13 Å². The summed E-state index contributed by atoms with van der Waals surface area (Å²) in [5, 5.41) is 5.08. The summed E-state index contributed by atoms with van der Waals surface area (Å²) >= 11 is 1.35. The van der Waals surface area contributed by atoms with Crippen molar-refractivity contribution in [2.45, 2.75) is 19.8 Å². The van der Waals surface area contributed by atoms with Gasteiger partial charge in [-0.25, -0.2) is 4.98 Å². The van der Waals surface area contributed by atoms with Crippen LogP contribution in [-0.2, 0) is 4.79 Å². The Kier molecular flexibility index (Phi) is 6.92. The van der Waals surface area contributed by atoms with Crippen molar-refractivity contribution in [3.8, 4) is 11.1 Å². The molecule has 0 radical (unpaired) electrons. The molecular weight excluding hydrogens is 370 g/mol. The maximum Gasteiger partial charge on any atom is 0.254 e. The fraction of sp³-hybridized carbons (Fsp3) is 0.227. The lowest BCUT2D eigenvalue weighted by Gasteiger charge is -2.22. The number of hydrogen-bond donors (Lipinski definition) is 1. The van der Waals surface area contributed by atoms with E-state index in [0.717, 1.165) is 24.0 Å². The first-order chi connectivity index (χ1) is 13.7. The summed E-state index contributed by atoms with van der Waals surface area (Å²) in [7, 11) is 0. The van der Waals surface area contributed by atoms with Gasteiger partial charge in [0, 0.05) is 23.7 Å². The van der Waals surface area contributed by atoms with Gasteiger partial charge in [0.2, 0.25) is 5.91 Å². The van der Waals surface area contributed by atoms with Crippen molar-refractivity contribution in [2.24, 2.45) is 0 Å². The van der Waals surface area contributed by atoms with Gasteiger partial charge in [-0.15, -0.1) is 11.3 Å². The number of benzene rings is 2. The first-order valence-corrected chi connectivity index (χ1v) is 10.2. The average Bonchev–Trinajstić information content (AvgIpc) is 3.24. The molecule has 0 fully saturated rings. The molecule has 0 bridgehead atoms. The van der Waals surface area contributed by atoms with Crippen LogP contribution in [0.25, 0.3) is 11.1 Å². The number of unbranched alkanes of at least 4 members (excludes halogenated alkanes) is 1. The number of anilines is 1. The molecule has 0 spiro atoms. The van der Waals surface area contributed by atoms with Crippen LogP contribution in [0.2, 0.25) is 0 Å². The largest absolute Gasteiger partial charge is 0.329 e. The third kappa shape index (κ3) is 5.27. The van der Waals surface area contributed by atoms with E-state index < -0.39 is 0 Å². The molecule has 6 heteroatoms. The fourth-order valence-corrected chi connectivity index (χ4v) is 3.38. The summed E-state index contributed by atoms with van der Waals surface area (Å²) < 4.78 is 0. The van der Waals surface area contributed by atoms with Gasteiger partial charge < -0.3 is 10.2 Å². The van der Waals surface area contributed by atoms with E-state index in [4.69, 9.17) is 0 Å². The van der Waals surface area contributed by atoms with Crippen LogP contribution in [-0.4, -0.2) is 34.8 Å². The van der Waals surface area contributed by atoms with E-state index in [2.05, 4.69) is 17.2 Å². The number of aromatic nitrogens is 1. The lowest BCUT2D eigenvalue weighted by molar-refractivity contribution is -0.116. The minimum Gasteiger partial charge on any atom is -0.329 e. The molecule has 0 saturated heterocycles. The second kappa shape index (κ2) is 9.80. The highest BCUT2D eigenvalue weighted by Crippen LogP contribution is 2.20. The number of hydrogen-bond acceptors (Lipinski definition) is 4. The maximum absolute atomic E-state index is 13.0. The number of thiazole rings is 1. The molecule has 144 valence electrons. The van der Waals surface area contributed by atoms with E-state index in [0.29, 0.717) is 17.2 Å². The van der Waals surface area contributed by atoms with E-state index in [1.807, 2.05) is 54.6 Å². The SMILES string of the molecule is CCCCN(CC(=O)Nc1nccs1)C(=O)c1ccc(-c2ccccc2)cc1. The van der Waals surface area contributed by atoms with E-state index in [1.54, 1.807) is 16.5 Å². The number of nitrogens with one attached hydrogen (secondary N) is 1. The molecule has 5 nitrogen and oxygen atoms in total. The van der Waals surface area contributed by atoms with Gasteiger partial charge in [-0.2, -0.15) is 0 Å². The van der Waals surface area contributed by atoms with Gasteiger partial charge >= 0.3 is 0 Å². The minimum atomic E-state index is -0.236. The van der Waals surface area contributed by atoms with Crippen LogP contribution < -0.4 is 5.32 Å². The van der Waals surface area contributed by atoms with Gasteiger partial charge in [0.1, 0.15) is 6.54 Å². The van der Waals surface area contributed by atoms with Crippen molar-refractivity contribution in [1.82, 2.24) is 9.88 Å². The van der Waals surface area contributed by atoms with Crippen LogP contribution in [0, 0.1) is 0 Å². The predicted molar refractivity (Wildman–Crippen MR) is 113 cm³/mol. The Morgan fingerprint density at radius 2 is 1.75 bits per heavy atom. The summed E-state index contributed by atoms with van der Waals surface area (Å²) in [6.45, 7) is 2.62. The lowest BCUT2D eigenvalue weighted by Crippen LogP contribution is -2.38. The summed E-state index contributed by atoms with van der Waals surface area (Å²) in [5.74, 6) is -0.373. The summed E-state index contributed by atoms with van der Waals surface area (Å²) in [6.07, 6.45) is 3.43. The zero-order valence-electron chi connectivity index (χ0n) is 15.8. The van der Waals surface area contributed by atoms with Crippen LogP contribution in [0.15, 0.2) is 66.2 Å². The molecule has 0 aliphatic carbocycles. The summed E-state index contributed by atoms with van der Waals surface area (Å²) in [5.41, 5.74) is 2.74. The third-order valence-corrected chi connectivity index (χ3v) is 5.01. The van der Waals surface area contributed by atoms with Crippen LogP contribution in [0.1, 0.15) is 30.1 Å². The number of nitrogens with zero attached hydrogens (tertiary/aromatic N) is 2. The molecular formula is C22H23N3O2S. The van der Waals surface area contributed by atoms with Crippen LogP contribution >= 0.6 is 11.3 Å². The molecule has 2 aromatic carbocycles. The molecule has 1 heterocycles. The predicted octanol–water partition coefficient (Wildman–Crippen LogP) is 4.69. The van der Waals surface area contributed by atoms with Crippen molar-refractivity contribution in [3.05, 3.63) is 71.7 Å². The fourth-order valence-electron chi connectivity index (χ4n) is 2.84. The first kappa shape index (κ1) is 19.8. The zero-order valence-corrected chi connectivity index (χ0v) is 16.6. The normalized spacial score (nSPS) is 10.5. The zero-order chi connectivity index (χ0) is 19.8. The standard InChI is InChI=1S/C22H23N3O2S/c1-2-3-14-25(16-20(26)24-22-23-13-15-28-22)21(27)19-11-9-18(10-12-19)17-7-5-4-6-8-17/h4-13,15H,2-3,14,16H2,1H3,(H,23,24,26). The molecule has 3 aromatic rings. The number of rotatable bonds is 8. The van der Waals surface area contributed by atoms with Crippen molar-refractivity contribution >= 4 is 28.3 Å². The Hall–Kier alpha value is -2.99. The lowest BCUT2D eigenvalue weighted by atomic mass is 10.0. The molecule has 0 saturated carbocycles. The third-order valence-electron chi connectivity index (χ3n) is 4.32. The van der Waals surface area contributed by atoms with E-state index in [9.17, 15) is 9.59 Å². The second-order valence-electron chi connectivity index (χ2n) is 6.41. The monoisotopic (exact) mass is 393 g/mol. The molecule has 0 unspecified atom stereocenters. The molecule has 2 amide bonds. The van der Waals surface area contributed by atoms with Gasteiger partial charge in [-0.1, -0.05) is 55.8 Å². The quantitative estimate of drug-likeness (QED) is 0.604. The van der Waals surface area contributed by atoms with E-state index >= 15 is 0 Å². The highest BCUT2D eigenvalue weighted by molar-refractivity contribution is 7.13. The average molecular weight is 394 g/mol. The molecule has 3 rings (SSSR count). The Labute approximate surface area is 169 Å². The Morgan fingerprint density at radius 1 is 1.04 bits per heavy atom. The van der Waals surface area contributed by atoms with Gasteiger partial charge in [-0.3, -0.25) is 9.59 Å². The van der Waals surface area contributed by atoms with Crippen molar-refractivity contribution in [1.29, 1.82) is 0 Å². The minimum absolute atomic E-state index is 0.0127. The molecule has 1 N–H and O–H groups in total. The van der Waals surface area contributed by atoms with Crippen LogP contribution in [0.3, 0.4) is 0 Å². The van der Waals surface area contributed by atoms with Gasteiger partial charge in [0.05, 0.1) is 0 Å². The highest BCUT2D eigenvalue weighted by atomic mass is 32.1. The second-order valence-corrected chi connectivity index (χ2v) is 7.30. The highest BCUT2D eigenvalue weighted by Gasteiger charge is 2.19. The summed E-state index contributed by atoms with van der Waals surface area (Å²) in [6, 6.07) is 17.5. The van der Waals surface area contributed by atoms with E-state index in [1.165, 1.54) is 11.3 Å². The number of carbonyl (C=O) groups is 2. The first-order valence-electron chi connectivity index (χ1n) is 9.31. The smallest absolute Gasteiger partial charge is 0.254 e. The van der Waals surface area contributed by atoms with Crippen LogP contribution in [0.4, 0.5) is 5.13 Å².